The number of thioether (sulfide) groups is 1. The van der Waals surface area contributed by atoms with E-state index in [0.29, 0.717) is 33.9 Å². The van der Waals surface area contributed by atoms with Crippen molar-refractivity contribution in [1.29, 1.82) is 0 Å². The van der Waals surface area contributed by atoms with Crippen LogP contribution in [0.1, 0.15) is 12.7 Å². The molecule has 3 N–H and O–H groups in total. The number of aromatic nitrogens is 3. The number of ether oxygens (including phenoxy) is 1. The number of amides is 1. The first kappa shape index (κ1) is 16.4. The summed E-state index contributed by atoms with van der Waals surface area (Å²) in [5, 5.41) is 11.6. The van der Waals surface area contributed by atoms with Crippen LogP contribution >= 0.6 is 23.4 Å². The standard InChI is InChI=1S/C13H16ClN5O2S/c1-3-11-17-18-13(19(11)15)22-7-12(20)16-9-6-8(14)4-5-10(9)21-2/h4-6H,3,7,15H2,1-2H3,(H,16,20). The number of nitrogens with two attached hydrogens (primary N) is 1. The average molecular weight is 342 g/mol. The molecule has 0 bridgehead atoms. The molecule has 7 nitrogen and oxygen atoms in total. The zero-order valence-electron chi connectivity index (χ0n) is 12.2. The quantitative estimate of drug-likeness (QED) is 0.616. The molecule has 0 radical (unpaired) electrons. The number of carbonyl (C=O) groups excluding carboxylic acids is 1. The number of benzene rings is 1. The third-order valence-corrected chi connectivity index (χ3v) is 4.00. The van der Waals surface area contributed by atoms with Crippen molar-refractivity contribution in [3.8, 4) is 5.75 Å². The Labute approximate surface area is 137 Å². The molecule has 1 aromatic carbocycles. The molecule has 0 atom stereocenters. The molecule has 9 heteroatoms. The molecule has 0 fully saturated rings. The molecule has 1 aromatic heterocycles. The van der Waals surface area contributed by atoms with Crippen LogP contribution in [-0.2, 0) is 11.2 Å². The normalized spacial score (nSPS) is 10.5. The average Bonchev–Trinajstić information content (AvgIpc) is 2.85. The number of hydrogen-bond donors (Lipinski definition) is 2. The summed E-state index contributed by atoms with van der Waals surface area (Å²) in [6.45, 7) is 1.93. The van der Waals surface area contributed by atoms with Crippen LogP contribution in [0, 0.1) is 0 Å². The zero-order valence-corrected chi connectivity index (χ0v) is 13.7. The van der Waals surface area contributed by atoms with Crippen molar-refractivity contribution in [1.82, 2.24) is 14.9 Å². The molecular weight excluding hydrogens is 326 g/mol. The van der Waals surface area contributed by atoms with E-state index < -0.39 is 0 Å². The first-order chi connectivity index (χ1) is 10.5. The summed E-state index contributed by atoms with van der Waals surface area (Å²) in [7, 11) is 1.52. The van der Waals surface area contributed by atoms with E-state index in [1.165, 1.54) is 23.5 Å². The number of carbonyl (C=O) groups is 1. The van der Waals surface area contributed by atoms with Crippen LogP contribution in [0.25, 0.3) is 0 Å². The Hall–Kier alpha value is -1.93. The van der Waals surface area contributed by atoms with Gasteiger partial charge in [0.1, 0.15) is 5.75 Å². The molecule has 0 saturated carbocycles. The molecule has 0 aliphatic rings. The molecule has 118 valence electrons. The number of halogens is 1. The van der Waals surface area contributed by atoms with Crippen molar-refractivity contribution < 1.29 is 9.53 Å². The lowest BCUT2D eigenvalue weighted by Gasteiger charge is -2.10. The largest absolute Gasteiger partial charge is 0.495 e. The first-order valence-electron chi connectivity index (χ1n) is 6.50. The molecule has 0 unspecified atom stereocenters. The van der Waals surface area contributed by atoms with Gasteiger partial charge in [-0.15, -0.1) is 10.2 Å². The highest BCUT2D eigenvalue weighted by Crippen LogP contribution is 2.28. The maximum atomic E-state index is 12.0. The number of hydrogen-bond acceptors (Lipinski definition) is 6. The van der Waals surface area contributed by atoms with E-state index in [1.807, 2.05) is 6.92 Å². The van der Waals surface area contributed by atoms with Crippen molar-refractivity contribution in [2.45, 2.75) is 18.5 Å². The molecule has 0 saturated heterocycles. The van der Waals surface area contributed by atoms with Crippen molar-refractivity contribution >= 4 is 35.0 Å². The van der Waals surface area contributed by atoms with Crippen molar-refractivity contribution in [2.75, 3.05) is 24.0 Å². The molecule has 1 heterocycles. The van der Waals surface area contributed by atoms with Crippen LogP contribution in [-0.4, -0.2) is 33.6 Å². The summed E-state index contributed by atoms with van der Waals surface area (Å²) in [6, 6.07) is 5.01. The molecular formula is C13H16ClN5O2S. The second kappa shape index (κ2) is 7.37. The summed E-state index contributed by atoms with van der Waals surface area (Å²) < 4.78 is 6.56. The highest BCUT2D eigenvalue weighted by atomic mass is 35.5. The third kappa shape index (κ3) is 3.83. The van der Waals surface area contributed by atoms with Crippen LogP contribution in [0.4, 0.5) is 5.69 Å². The Kier molecular flexibility index (Phi) is 5.51. The van der Waals surface area contributed by atoms with Crippen LogP contribution in [0.15, 0.2) is 23.4 Å². The minimum absolute atomic E-state index is 0.148. The molecule has 0 spiro atoms. The van der Waals surface area contributed by atoms with E-state index in [-0.39, 0.29) is 11.7 Å². The summed E-state index contributed by atoms with van der Waals surface area (Å²) >= 11 is 7.13. The topological polar surface area (TPSA) is 95.1 Å². The second-order valence-corrected chi connectivity index (χ2v) is 5.68. The summed E-state index contributed by atoms with van der Waals surface area (Å²) in [4.78, 5) is 12.0. The SMILES string of the molecule is CCc1nnc(SCC(=O)Nc2cc(Cl)ccc2OC)n1N. The first-order valence-corrected chi connectivity index (χ1v) is 7.87. The van der Waals surface area contributed by atoms with Crippen LogP contribution in [0.2, 0.25) is 5.02 Å². The van der Waals surface area contributed by atoms with Gasteiger partial charge in [-0.2, -0.15) is 0 Å². The van der Waals surface area contributed by atoms with Gasteiger partial charge >= 0.3 is 0 Å². The van der Waals surface area contributed by atoms with Crippen molar-refractivity contribution in [3.05, 3.63) is 29.0 Å². The Morgan fingerprint density at radius 3 is 2.91 bits per heavy atom. The van der Waals surface area contributed by atoms with Gasteiger partial charge in [-0.1, -0.05) is 30.3 Å². The number of nitrogens with one attached hydrogen (secondary N) is 1. The van der Waals surface area contributed by atoms with Gasteiger partial charge in [0.25, 0.3) is 0 Å². The second-order valence-electron chi connectivity index (χ2n) is 4.30. The number of nitrogen functional groups attached to an aromatic ring is 1. The van der Waals surface area contributed by atoms with Gasteiger partial charge in [0.05, 0.1) is 18.6 Å². The maximum absolute atomic E-state index is 12.0. The Morgan fingerprint density at radius 1 is 1.50 bits per heavy atom. The van der Waals surface area contributed by atoms with E-state index in [1.54, 1.807) is 18.2 Å². The number of nitrogens with zero attached hydrogens (tertiary/aromatic N) is 3. The lowest BCUT2D eigenvalue weighted by Crippen LogP contribution is -2.17. The van der Waals surface area contributed by atoms with E-state index in [9.17, 15) is 4.79 Å². The van der Waals surface area contributed by atoms with Crippen molar-refractivity contribution in [3.63, 3.8) is 0 Å². The molecule has 1 amide bonds. The van der Waals surface area contributed by atoms with Crippen molar-refractivity contribution in [2.24, 2.45) is 0 Å². The molecule has 2 rings (SSSR count). The van der Waals surface area contributed by atoms with Crippen LogP contribution in [0.3, 0.4) is 0 Å². The van der Waals surface area contributed by atoms with E-state index in [4.69, 9.17) is 22.2 Å². The summed E-state index contributed by atoms with van der Waals surface area (Å²) in [5.41, 5.74) is 0.518. The smallest absolute Gasteiger partial charge is 0.234 e. The molecule has 0 aliphatic heterocycles. The summed E-state index contributed by atoms with van der Waals surface area (Å²) in [6.07, 6.45) is 0.677. The zero-order chi connectivity index (χ0) is 16.1. The molecule has 22 heavy (non-hydrogen) atoms. The highest BCUT2D eigenvalue weighted by molar-refractivity contribution is 7.99. The van der Waals surface area contributed by atoms with Gasteiger partial charge in [-0.05, 0) is 18.2 Å². The fraction of sp³-hybridized carbons (Fsp3) is 0.308. The molecule has 2 aromatic rings. The van der Waals surface area contributed by atoms with Gasteiger partial charge in [-0.3, -0.25) is 4.79 Å². The van der Waals surface area contributed by atoms with Gasteiger partial charge in [0.15, 0.2) is 5.82 Å². The van der Waals surface area contributed by atoms with Crippen LogP contribution < -0.4 is 15.9 Å². The molecule has 0 aliphatic carbocycles. The van der Waals surface area contributed by atoms with E-state index >= 15 is 0 Å². The number of aryl methyl sites for hydroxylation is 1. The van der Waals surface area contributed by atoms with Crippen LogP contribution in [0.5, 0.6) is 5.75 Å². The fourth-order valence-electron chi connectivity index (χ4n) is 1.74. The van der Waals surface area contributed by atoms with Gasteiger partial charge in [0.2, 0.25) is 11.1 Å². The van der Waals surface area contributed by atoms with Gasteiger partial charge in [0, 0.05) is 11.4 Å². The monoisotopic (exact) mass is 341 g/mol. The number of anilines is 1. The number of methoxy groups -OCH3 is 1. The lowest BCUT2D eigenvalue weighted by molar-refractivity contribution is -0.113. The van der Waals surface area contributed by atoms with Gasteiger partial charge in [-0.25, -0.2) is 4.68 Å². The fourth-order valence-corrected chi connectivity index (χ4v) is 2.59. The third-order valence-electron chi connectivity index (χ3n) is 2.82. The number of rotatable bonds is 6. The Bertz CT molecular complexity index is 676. The maximum Gasteiger partial charge on any atom is 0.234 e. The predicted octanol–water partition coefficient (Wildman–Crippen LogP) is 1.95. The summed E-state index contributed by atoms with van der Waals surface area (Å²) in [5.74, 6) is 6.96. The Balaban J connectivity index is 1.98. The lowest BCUT2D eigenvalue weighted by atomic mass is 10.3. The van der Waals surface area contributed by atoms with Gasteiger partial charge < -0.3 is 15.9 Å². The van der Waals surface area contributed by atoms with E-state index in [0.717, 1.165) is 0 Å². The minimum Gasteiger partial charge on any atom is -0.495 e. The predicted molar refractivity (Wildman–Crippen MR) is 86.9 cm³/mol. The highest BCUT2D eigenvalue weighted by Gasteiger charge is 2.13. The minimum atomic E-state index is -0.216. The van der Waals surface area contributed by atoms with E-state index in [2.05, 4.69) is 15.5 Å². The Morgan fingerprint density at radius 2 is 2.27 bits per heavy atom.